The highest BCUT2D eigenvalue weighted by atomic mass is 16.3. The predicted octanol–water partition coefficient (Wildman–Crippen LogP) is 1.08. The minimum atomic E-state index is -0.570. The lowest BCUT2D eigenvalue weighted by Crippen LogP contribution is -2.17. The molecule has 0 spiro atoms. The van der Waals surface area contributed by atoms with E-state index >= 15 is 0 Å². The highest BCUT2D eigenvalue weighted by Gasteiger charge is 2.08. The van der Waals surface area contributed by atoms with E-state index in [-0.39, 0.29) is 0 Å². The Morgan fingerprint density at radius 1 is 1.64 bits per heavy atom. The molecular weight excluding hydrogens is 180 g/mol. The molecule has 0 aromatic carbocycles. The molecule has 14 heavy (non-hydrogen) atoms. The van der Waals surface area contributed by atoms with Crippen molar-refractivity contribution in [1.29, 1.82) is 0 Å². The number of nitrogens with one attached hydrogen (secondary N) is 1. The van der Waals surface area contributed by atoms with Gasteiger partial charge in [-0.3, -0.25) is 4.98 Å². The number of pyridine rings is 1. The van der Waals surface area contributed by atoms with Crippen molar-refractivity contribution in [2.75, 3.05) is 13.6 Å². The first kappa shape index (κ1) is 9.18. The van der Waals surface area contributed by atoms with Crippen LogP contribution in [-0.2, 0) is 0 Å². The molecule has 4 heteroatoms. The summed E-state index contributed by atoms with van der Waals surface area (Å²) in [4.78, 5) is 4.11. The second-order valence-electron chi connectivity index (χ2n) is 3.14. The van der Waals surface area contributed by atoms with Crippen LogP contribution in [0.15, 0.2) is 29.0 Å². The van der Waals surface area contributed by atoms with Gasteiger partial charge in [0.15, 0.2) is 5.58 Å². The third-order valence-electron chi connectivity index (χ3n) is 2.10. The Balaban J connectivity index is 2.33. The van der Waals surface area contributed by atoms with Crippen molar-refractivity contribution in [3.05, 3.63) is 30.3 Å². The van der Waals surface area contributed by atoms with E-state index in [4.69, 9.17) is 4.42 Å². The maximum atomic E-state index is 9.66. The van der Waals surface area contributed by atoms with Gasteiger partial charge in [0.1, 0.15) is 6.10 Å². The summed E-state index contributed by atoms with van der Waals surface area (Å²) in [7, 11) is 1.79. The Hall–Kier alpha value is -1.39. The number of fused-ring (bicyclic) bond motifs is 1. The molecule has 1 unspecified atom stereocenters. The van der Waals surface area contributed by atoms with Gasteiger partial charge in [-0.05, 0) is 19.2 Å². The van der Waals surface area contributed by atoms with Crippen molar-refractivity contribution >= 4 is 11.0 Å². The molecule has 2 aromatic rings. The first-order chi connectivity index (χ1) is 6.81. The number of likely N-dealkylation sites (N-methyl/N-ethyl adjacent to an activating group) is 1. The Kier molecular flexibility index (Phi) is 2.47. The molecule has 0 radical (unpaired) electrons. The third kappa shape index (κ3) is 1.62. The van der Waals surface area contributed by atoms with Gasteiger partial charge in [-0.1, -0.05) is 0 Å². The van der Waals surface area contributed by atoms with Crippen LogP contribution in [0.25, 0.3) is 11.0 Å². The topological polar surface area (TPSA) is 58.3 Å². The molecule has 2 heterocycles. The van der Waals surface area contributed by atoms with E-state index in [2.05, 4.69) is 10.3 Å². The summed E-state index contributed by atoms with van der Waals surface area (Å²) in [5.74, 6) is 0. The van der Waals surface area contributed by atoms with Crippen molar-refractivity contribution in [3.8, 4) is 0 Å². The minimum absolute atomic E-state index is 0.496. The van der Waals surface area contributed by atoms with E-state index < -0.39 is 6.10 Å². The zero-order valence-corrected chi connectivity index (χ0v) is 7.90. The van der Waals surface area contributed by atoms with Crippen molar-refractivity contribution in [3.63, 3.8) is 0 Å². The maximum Gasteiger partial charge on any atom is 0.152 e. The molecule has 0 aliphatic rings. The van der Waals surface area contributed by atoms with E-state index in [0.29, 0.717) is 12.2 Å². The molecule has 0 aliphatic heterocycles. The summed E-state index contributed by atoms with van der Waals surface area (Å²) in [6, 6.07) is 3.69. The highest BCUT2D eigenvalue weighted by Crippen LogP contribution is 2.18. The zero-order chi connectivity index (χ0) is 9.97. The van der Waals surface area contributed by atoms with Crippen LogP contribution in [0.2, 0.25) is 0 Å². The molecule has 2 rings (SSSR count). The summed E-state index contributed by atoms with van der Waals surface area (Å²) in [5.41, 5.74) is 1.40. The molecule has 2 N–H and O–H groups in total. The second kappa shape index (κ2) is 3.77. The van der Waals surface area contributed by atoms with Crippen LogP contribution in [0.4, 0.5) is 0 Å². The lowest BCUT2D eigenvalue weighted by Gasteiger charge is -2.08. The maximum absolute atomic E-state index is 9.66. The average molecular weight is 192 g/mol. The molecule has 0 aliphatic carbocycles. The molecule has 4 nitrogen and oxygen atoms in total. The molecule has 74 valence electrons. The van der Waals surface area contributed by atoms with Gasteiger partial charge in [-0.2, -0.15) is 0 Å². The SMILES string of the molecule is CNCC(O)c1cc2ccoc2cn1. The quantitative estimate of drug-likeness (QED) is 0.764. The third-order valence-corrected chi connectivity index (χ3v) is 2.10. The minimum Gasteiger partial charge on any atom is -0.463 e. The van der Waals surface area contributed by atoms with Crippen LogP contribution in [0.3, 0.4) is 0 Å². The average Bonchev–Trinajstić information content (AvgIpc) is 2.64. The standard InChI is InChI=1S/C10H12N2O2/c1-11-5-9(13)8-4-7-2-3-14-10(7)6-12-8/h2-4,6,9,11,13H,5H2,1H3. The fourth-order valence-corrected chi connectivity index (χ4v) is 1.36. The lowest BCUT2D eigenvalue weighted by atomic mass is 10.2. The number of nitrogens with zero attached hydrogens (tertiary/aromatic N) is 1. The first-order valence-electron chi connectivity index (χ1n) is 4.47. The van der Waals surface area contributed by atoms with E-state index in [1.165, 1.54) is 0 Å². The monoisotopic (exact) mass is 192 g/mol. The van der Waals surface area contributed by atoms with Gasteiger partial charge in [0.05, 0.1) is 18.2 Å². The number of rotatable bonds is 3. The fourth-order valence-electron chi connectivity index (χ4n) is 1.36. The van der Waals surface area contributed by atoms with Crippen LogP contribution in [-0.4, -0.2) is 23.7 Å². The Labute approximate surface area is 81.6 Å². The van der Waals surface area contributed by atoms with Gasteiger partial charge in [0, 0.05) is 11.9 Å². The van der Waals surface area contributed by atoms with Crippen LogP contribution >= 0.6 is 0 Å². The van der Waals surface area contributed by atoms with Gasteiger partial charge in [0.2, 0.25) is 0 Å². The summed E-state index contributed by atoms with van der Waals surface area (Å²) < 4.78 is 5.15. The normalized spacial score (nSPS) is 13.3. The Morgan fingerprint density at radius 2 is 2.50 bits per heavy atom. The Morgan fingerprint density at radius 3 is 3.29 bits per heavy atom. The molecule has 0 saturated heterocycles. The number of hydrogen-bond donors (Lipinski definition) is 2. The van der Waals surface area contributed by atoms with Gasteiger partial charge >= 0.3 is 0 Å². The van der Waals surface area contributed by atoms with Gasteiger partial charge in [-0.15, -0.1) is 0 Å². The van der Waals surface area contributed by atoms with Crippen LogP contribution < -0.4 is 5.32 Å². The molecular formula is C10H12N2O2. The lowest BCUT2D eigenvalue weighted by molar-refractivity contribution is 0.173. The van der Waals surface area contributed by atoms with Crippen LogP contribution in [0.5, 0.6) is 0 Å². The smallest absolute Gasteiger partial charge is 0.152 e. The number of furan rings is 1. The largest absolute Gasteiger partial charge is 0.463 e. The molecule has 0 amide bonds. The molecule has 0 bridgehead atoms. The number of aliphatic hydroxyl groups is 1. The van der Waals surface area contributed by atoms with Crippen LogP contribution in [0, 0.1) is 0 Å². The number of hydrogen-bond acceptors (Lipinski definition) is 4. The van der Waals surface area contributed by atoms with Gasteiger partial charge in [-0.25, -0.2) is 0 Å². The zero-order valence-electron chi connectivity index (χ0n) is 7.90. The van der Waals surface area contributed by atoms with Gasteiger partial charge < -0.3 is 14.8 Å². The van der Waals surface area contributed by atoms with Crippen LogP contribution in [0.1, 0.15) is 11.8 Å². The summed E-state index contributed by atoms with van der Waals surface area (Å²) in [6.45, 7) is 0.496. The van der Waals surface area contributed by atoms with E-state index in [1.54, 1.807) is 19.5 Å². The number of aromatic nitrogens is 1. The second-order valence-corrected chi connectivity index (χ2v) is 3.14. The van der Waals surface area contributed by atoms with Crippen molar-refractivity contribution in [1.82, 2.24) is 10.3 Å². The summed E-state index contributed by atoms with van der Waals surface area (Å²) >= 11 is 0. The molecule has 2 aromatic heterocycles. The predicted molar refractivity (Wildman–Crippen MR) is 52.9 cm³/mol. The number of aliphatic hydroxyl groups excluding tert-OH is 1. The fraction of sp³-hybridized carbons (Fsp3) is 0.300. The molecule has 0 saturated carbocycles. The highest BCUT2D eigenvalue weighted by molar-refractivity contribution is 5.76. The van der Waals surface area contributed by atoms with E-state index in [0.717, 1.165) is 11.0 Å². The first-order valence-corrected chi connectivity index (χ1v) is 4.47. The van der Waals surface area contributed by atoms with Crippen molar-refractivity contribution in [2.45, 2.75) is 6.10 Å². The van der Waals surface area contributed by atoms with Crippen molar-refractivity contribution in [2.24, 2.45) is 0 Å². The Bertz CT molecular complexity index is 425. The van der Waals surface area contributed by atoms with E-state index in [9.17, 15) is 5.11 Å². The molecule has 0 fully saturated rings. The summed E-state index contributed by atoms with van der Waals surface area (Å²) in [5, 5.41) is 13.5. The van der Waals surface area contributed by atoms with Crippen molar-refractivity contribution < 1.29 is 9.52 Å². The summed E-state index contributed by atoms with van der Waals surface area (Å²) in [6.07, 6.45) is 2.67. The molecule has 1 atom stereocenters. The van der Waals surface area contributed by atoms with Gasteiger partial charge in [0.25, 0.3) is 0 Å². The van der Waals surface area contributed by atoms with E-state index in [1.807, 2.05) is 12.1 Å².